The lowest BCUT2D eigenvalue weighted by Gasteiger charge is -2.43. The molecule has 1 fully saturated rings. The summed E-state index contributed by atoms with van der Waals surface area (Å²) in [4.78, 5) is 2.60. The van der Waals surface area contributed by atoms with E-state index in [1.165, 1.54) is 12.0 Å². The van der Waals surface area contributed by atoms with Crippen molar-refractivity contribution in [1.82, 2.24) is 10.2 Å². The van der Waals surface area contributed by atoms with E-state index in [1.807, 2.05) is 12.1 Å². The second-order valence-corrected chi connectivity index (χ2v) is 5.89. The molecule has 19 heavy (non-hydrogen) atoms. The highest BCUT2D eigenvalue weighted by molar-refractivity contribution is 5.33. The van der Waals surface area contributed by atoms with Crippen molar-refractivity contribution in [1.29, 1.82) is 0 Å². The van der Waals surface area contributed by atoms with Crippen LogP contribution in [0.5, 0.6) is 5.75 Å². The van der Waals surface area contributed by atoms with Crippen LogP contribution in [0.3, 0.4) is 0 Å². The van der Waals surface area contributed by atoms with Crippen LogP contribution in [0, 0.1) is 0 Å². The summed E-state index contributed by atoms with van der Waals surface area (Å²) in [6.07, 6.45) is 2.27. The van der Waals surface area contributed by atoms with E-state index >= 15 is 0 Å². The first kappa shape index (κ1) is 14.4. The van der Waals surface area contributed by atoms with E-state index in [0.717, 1.165) is 38.3 Å². The maximum Gasteiger partial charge on any atom is 0.122 e. The summed E-state index contributed by atoms with van der Waals surface area (Å²) in [6.45, 7) is 9.15. The number of nitrogens with zero attached hydrogens (tertiary/aromatic N) is 1. The molecular formula is C16H26N2O. The largest absolute Gasteiger partial charge is 0.496 e. The zero-order chi connectivity index (χ0) is 13.7. The van der Waals surface area contributed by atoms with Crippen molar-refractivity contribution < 1.29 is 4.74 Å². The van der Waals surface area contributed by atoms with Gasteiger partial charge in [-0.3, -0.25) is 4.90 Å². The second-order valence-electron chi connectivity index (χ2n) is 5.89. The third-order valence-corrected chi connectivity index (χ3v) is 4.04. The Balaban J connectivity index is 1.86. The van der Waals surface area contributed by atoms with E-state index < -0.39 is 0 Å². The first-order valence-corrected chi connectivity index (χ1v) is 7.21. The van der Waals surface area contributed by atoms with Crippen molar-refractivity contribution in [2.75, 3.05) is 33.3 Å². The Morgan fingerprint density at radius 2 is 2.11 bits per heavy atom. The normalized spacial score (nSPS) is 19.3. The van der Waals surface area contributed by atoms with E-state index in [1.54, 1.807) is 7.11 Å². The SMILES string of the molecule is COc1ccccc1CCCN1CCNCC1(C)C. The summed E-state index contributed by atoms with van der Waals surface area (Å²) >= 11 is 0. The first-order valence-electron chi connectivity index (χ1n) is 7.21. The molecule has 2 rings (SSSR count). The molecule has 1 aliphatic heterocycles. The van der Waals surface area contributed by atoms with Crippen LogP contribution in [0.2, 0.25) is 0 Å². The van der Waals surface area contributed by atoms with Crippen molar-refractivity contribution >= 4 is 0 Å². The van der Waals surface area contributed by atoms with E-state index in [2.05, 4.69) is 36.2 Å². The number of rotatable bonds is 5. The Kier molecular flexibility index (Phi) is 4.83. The lowest BCUT2D eigenvalue weighted by Crippen LogP contribution is -2.58. The topological polar surface area (TPSA) is 24.5 Å². The van der Waals surface area contributed by atoms with Gasteiger partial charge in [0.15, 0.2) is 0 Å². The van der Waals surface area contributed by atoms with E-state index in [9.17, 15) is 0 Å². The molecule has 1 saturated heterocycles. The number of hydrogen-bond donors (Lipinski definition) is 1. The molecule has 106 valence electrons. The van der Waals surface area contributed by atoms with Crippen LogP contribution in [0.15, 0.2) is 24.3 Å². The van der Waals surface area contributed by atoms with Crippen LogP contribution in [-0.4, -0.2) is 43.7 Å². The van der Waals surface area contributed by atoms with Gasteiger partial charge in [0, 0.05) is 25.2 Å². The number of methoxy groups -OCH3 is 1. The lowest BCUT2D eigenvalue weighted by molar-refractivity contribution is 0.0895. The molecule has 0 radical (unpaired) electrons. The maximum absolute atomic E-state index is 5.41. The number of aryl methyl sites for hydroxylation is 1. The number of benzene rings is 1. The molecule has 0 amide bonds. The average Bonchev–Trinajstić information content (AvgIpc) is 2.41. The molecule has 0 unspecified atom stereocenters. The van der Waals surface area contributed by atoms with E-state index in [-0.39, 0.29) is 5.54 Å². The molecule has 1 aromatic rings. The summed E-state index contributed by atoms with van der Waals surface area (Å²) < 4.78 is 5.41. The summed E-state index contributed by atoms with van der Waals surface area (Å²) in [7, 11) is 1.75. The van der Waals surface area contributed by atoms with Gasteiger partial charge in [0.2, 0.25) is 0 Å². The van der Waals surface area contributed by atoms with Crippen molar-refractivity contribution in [3.8, 4) is 5.75 Å². The maximum atomic E-state index is 5.41. The fraction of sp³-hybridized carbons (Fsp3) is 0.625. The molecule has 1 aliphatic rings. The molecule has 0 aromatic heterocycles. The highest BCUT2D eigenvalue weighted by atomic mass is 16.5. The average molecular weight is 262 g/mol. The molecule has 1 aromatic carbocycles. The number of ether oxygens (including phenoxy) is 1. The molecule has 0 bridgehead atoms. The Bertz CT molecular complexity index is 403. The lowest BCUT2D eigenvalue weighted by atomic mass is 9.99. The van der Waals surface area contributed by atoms with E-state index in [0.29, 0.717) is 0 Å². The highest BCUT2D eigenvalue weighted by Gasteiger charge is 2.28. The molecular weight excluding hydrogens is 236 g/mol. The minimum absolute atomic E-state index is 0.277. The van der Waals surface area contributed by atoms with Crippen LogP contribution in [0.4, 0.5) is 0 Å². The molecule has 3 nitrogen and oxygen atoms in total. The number of piperazine rings is 1. The van der Waals surface area contributed by atoms with Crippen LogP contribution in [-0.2, 0) is 6.42 Å². The molecule has 0 spiro atoms. The Morgan fingerprint density at radius 3 is 2.84 bits per heavy atom. The van der Waals surface area contributed by atoms with Gasteiger partial charge in [0.05, 0.1) is 7.11 Å². The van der Waals surface area contributed by atoms with Crippen molar-refractivity contribution in [3.63, 3.8) is 0 Å². The van der Waals surface area contributed by atoms with Crippen LogP contribution >= 0.6 is 0 Å². The van der Waals surface area contributed by atoms with Crippen LogP contribution < -0.4 is 10.1 Å². The van der Waals surface area contributed by atoms with Crippen molar-refractivity contribution in [2.24, 2.45) is 0 Å². The monoisotopic (exact) mass is 262 g/mol. The Morgan fingerprint density at radius 1 is 1.32 bits per heavy atom. The van der Waals surface area contributed by atoms with Gasteiger partial charge in [-0.15, -0.1) is 0 Å². The van der Waals surface area contributed by atoms with Gasteiger partial charge in [0.25, 0.3) is 0 Å². The van der Waals surface area contributed by atoms with Gasteiger partial charge in [-0.05, 0) is 44.9 Å². The molecule has 1 N–H and O–H groups in total. The summed E-state index contributed by atoms with van der Waals surface area (Å²) in [5.41, 5.74) is 1.59. The summed E-state index contributed by atoms with van der Waals surface area (Å²) in [5, 5.41) is 3.47. The van der Waals surface area contributed by atoms with Gasteiger partial charge in [-0.1, -0.05) is 18.2 Å². The first-order chi connectivity index (χ1) is 9.13. The predicted octanol–water partition coefficient (Wildman–Crippen LogP) is 2.31. The zero-order valence-electron chi connectivity index (χ0n) is 12.4. The molecule has 0 aliphatic carbocycles. The van der Waals surface area contributed by atoms with Crippen molar-refractivity contribution in [2.45, 2.75) is 32.2 Å². The standard InChI is InChI=1S/C16H26N2O/c1-16(2)13-17-10-12-18(16)11-6-8-14-7-4-5-9-15(14)19-3/h4-5,7,9,17H,6,8,10-13H2,1-3H3. The summed E-state index contributed by atoms with van der Waals surface area (Å²) in [6, 6.07) is 8.33. The number of nitrogens with one attached hydrogen (secondary N) is 1. The number of hydrogen-bond acceptors (Lipinski definition) is 3. The summed E-state index contributed by atoms with van der Waals surface area (Å²) in [5.74, 6) is 1.02. The fourth-order valence-corrected chi connectivity index (χ4v) is 2.81. The van der Waals surface area contributed by atoms with Gasteiger partial charge in [0.1, 0.15) is 5.75 Å². The zero-order valence-corrected chi connectivity index (χ0v) is 12.4. The predicted molar refractivity (Wildman–Crippen MR) is 79.8 cm³/mol. The van der Waals surface area contributed by atoms with Gasteiger partial charge in [-0.2, -0.15) is 0 Å². The fourth-order valence-electron chi connectivity index (χ4n) is 2.81. The van der Waals surface area contributed by atoms with Crippen LogP contribution in [0.1, 0.15) is 25.8 Å². The van der Waals surface area contributed by atoms with Crippen molar-refractivity contribution in [3.05, 3.63) is 29.8 Å². The third-order valence-electron chi connectivity index (χ3n) is 4.04. The number of para-hydroxylation sites is 1. The van der Waals surface area contributed by atoms with Gasteiger partial charge in [-0.25, -0.2) is 0 Å². The Labute approximate surface area is 116 Å². The minimum Gasteiger partial charge on any atom is -0.496 e. The second kappa shape index (κ2) is 6.40. The highest BCUT2D eigenvalue weighted by Crippen LogP contribution is 2.21. The molecule has 3 heteroatoms. The Hall–Kier alpha value is -1.06. The third kappa shape index (κ3) is 3.71. The minimum atomic E-state index is 0.277. The smallest absolute Gasteiger partial charge is 0.122 e. The molecule has 0 saturated carbocycles. The van der Waals surface area contributed by atoms with Gasteiger partial charge < -0.3 is 10.1 Å². The van der Waals surface area contributed by atoms with E-state index in [4.69, 9.17) is 4.74 Å². The van der Waals surface area contributed by atoms with Gasteiger partial charge >= 0.3 is 0 Å². The quantitative estimate of drug-likeness (QED) is 0.881. The van der Waals surface area contributed by atoms with Crippen LogP contribution in [0.25, 0.3) is 0 Å². The molecule has 1 heterocycles. The molecule has 0 atom stereocenters.